The minimum Gasteiger partial charge on any atom is -0.277 e. The first-order valence-corrected chi connectivity index (χ1v) is 7.78. The molecule has 0 aliphatic carbocycles. The van der Waals surface area contributed by atoms with Crippen molar-refractivity contribution in [1.29, 1.82) is 0 Å². The molecule has 0 unspecified atom stereocenters. The molecule has 0 fully saturated rings. The number of aromatic nitrogens is 1. The normalized spacial score (nSPS) is 12.2. The SMILES string of the molecule is O=S(=O)(Nc1ccc(C(F)(F)F)cc1Br)c1ccccn1. The van der Waals surface area contributed by atoms with Crippen LogP contribution in [0.4, 0.5) is 18.9 Å². The fourth-order valence-electron chi connectivity index (χ4n) is 1.48. The summed E-state index contributed by atoms with van der Waals surface area (Å²) in [4.78, 5) is 3.69. The third-order valence-corrected chi connectivity index (χ3v) is 4.39. The van der Waals surface area contributed by atoms with Gasteiger partial charge in [-0.25, -0.2) is 4.98 Å². The molecule has 9 heteroatoms. The van der Waals surface area contributed by atoms with Crippen LogP contribution in [-0.4, -0.2) is 13.4 Å². The number of rotatable bonds is 3. The summed E-state index contributed by atoms with van der Waals surface area (Å²) in [5.74, 6) is 0. The number of sulfonamides is 1. The van der Waals surface area contributed by atoms with E-state index >= 15 is 0 Å². The molecule has 2 aromatic rings. The Morgan fingerprint density at radius 2 is 1.86 bits per heavy atom. The number of pyridine rings is 1. The van der Waals surface area contributed by atoms with Crippen LogP contribution in [0.5, 0.6) is 0 Å². The summed E-state index contributed by atoms with van der Waals surface area (Å²) in [6.45, 7) is 0. The summed E-state index contributed by atoms with van der Waals surface area (Å²) >= 11 is 2.92. The molecule has 0 saturated heterocycles. The quantitative estimate of drug-likeness (QED) is 0.883. The lowest BCUT2D eigenvalue weighted by molar-refractivity contribution is -0.137. The lowest BCUT2D eigenvalue weighted by atomic mass is 10.2. The maximum Gasteiger partial charge on any atom is 0.416 e. The fraction of sp³-hybridized carbons (Fsp3) is 0.0833. The molecule has 112 valence electrons. The van der Waals surface area contributed by atoms with Gasteiger partial charge in [0.2, 0.25) is 0 Å². The zero-order valence-electron chi connectivity index (χ0n) is 10.2. The maximum atomic E-state index is 12.5. The molecular formula is C12H8BrF3N2O2S. The average molecular weight is 381 g/mol. The molecule has 0 bridgehead atoms. The van der Waals surface area contributed by atoms with Crippen LogP contribution in [0.1, 0.15) is 5.56 Å². The summed E-state index contributed by atoms with van der Waals surface area (Å²) in [5, 5.41) is -0.225. The number of hydrogen-bond acceptors (Lipinski definition) is 3. The van der Waals surface area contributed by atoms with Gasteiger partial charge < -0.3 is 0 Å². The van der Waals surface area contributed by atoms with E-state index in [-0.39, 0.29) is 15.2 Å². The van der Waals surface area contributed by atoms with Crippen molar-refractivity contribution in [2.45, 2.75) is 11.2 Å². The van der Waals surface area contributed by atoms with Gasteiger partial charge >= 0.3 is 6.18 Å². The van der Waals surface area contributed by atoms with Gasteiger partial charge in [0.15, 0.2) is 5.03 Å². The number of alkyl halides is 3. The number of hydrogen-bond donors (Lipinski definition) is 1. The second kappa shape index (κ2) is 5.64. The van der Waals surface area contributed by atoms with Gasteiger partial charge in [0.05, 0.1) is 11.3 Å². The van der Waals surface area contributed by atoms with Crippen LogP contribution in [0.15, 0.2) is 52.1 Å². The molecule has 2 rings (SSSR count). The molecule has 0 spiro atoms. The molecular weight excluding hydrogens is 373 g/mol. The van der Waals surface area contributed by atoms with Gasteiger partial charge in [-0.05, 0) is 46.3 Å². The fourth-order valence-corrected chi connectivity index (χ4v) is 3.12. The summed E-state index contributed by atoms with van der Waals surface area (Å²) < 4.78 is 63.8. The topological polar surface area (TPSA) is 59.1 Å². The largest absolute Gasteiger partial charge is 0.416 e. The third kappa shape index (κ3) is 3.73. The Kier molecular flexibility index (Phi) is 4.24. The molecule has 1 heterocycles. The van der Waals surface area contributed by atoms with Crippen molar-refractivity contribution in [3.8, 4) is 0 Å². The van der Waals surface area contributed by atoms with Crippen molar-refractivity contribution in [3.63, 3.8) is 0 Å². The van der Waals surface area contributed by atoms with Crippen LogP contribution >= 0.6 is 15.9 Å². The van der Waals surface area contributed by atoms with Crippen molar-refractivity contribution >= 4 is 31.6 Å². The predicted octanol–water partition coefficient (Wildman–Crippen LogP) is 3.66. The molecule has 0 amide bonds. The Morgan fingerprint density at radius 3 is 2.38 bits per heavy atom. The van der Waals surface area contributed by atoms with Crippen LogP contribution in [0.25, 0.3) is 0 Å². The Labute approximate surface area is 127 Å². The molecule has 0 aliphatic rings. The molecule has 1 aromatic heterocycles. The number of anilines is 1. The minimum atomic E-state index is -4.50. The van der Waals surface area contributed by atoms with E-state index in [9.17, 15) is 21.6 Å². The summed E-state index contributed by atoms with van der Waals surface area (Å²) in [7, 11) is -3.96. The molecule has 0 aliphatic heterocycles. The predicted molar refractivity (Wildman–Crippen MR) is 74.2 cm³/mol. The van der Waals surface area contributed by atoms with Gasteiger partial charge in [-0.3, -0.25) is 4.72 Å². The van der Waals surface area contributed by atoms with E-state index in [0.29, 0.717) is 0 Å². The van der Waals surface area contributed by atoms with E-state index in [1.807, 2.05) is 0 Å². The van der Waals surface area contributed by atoms with Crippen LogP contribution in [-0.2, 0) is 16.2 Å². The molecule has 1 N–H and O–H groups in total. The van der Waals surface area contributed by atoms with Gasteiger partial charge in [0.1, 0.15) is 0 Å². The summed E-state index contributed by atoms with van der Waals surface area (Å²) in [6, 6.07) is 6.95. The smallest absolute Gasteiger partial charge is 0.277 e. The van der Waals surface area contributed by atoms with E-state index in [1.54, 1.807) is 6.07 Å². The van der Waals surface area contributed by atoms with Crippen molar-refractivity contribution in [1.82, 2.24) is 4.98 Å². The summed E-state index contributed by atoms with van der Waals surface area (Å²) in [5.41, 5.74) is -0.885. The molecule has 1 aromatic carbocycles. The molecule has 4 nitrogen and oxygen atoms in total. The lowest BCUT2D eigenvalue weighted by Crippen LogP contribution is -2.15. The number of nitrogens with zero attached hydrogens (tertiary/aromatic N) is 1. The van der Waals surface area contributed by atoms with E-state index in [1.165, 1.54) is 18.3 Å². The minimum absolute atomic E-state index is 0.00588. The van der Waals surface area contributed by atoms with Crippen molar-refractivity contribution < 1.29 is 21.6 Å². The highest BCUT2D eigenvalue weighted by Crippen LogP contribution is 2.34. The summed E-state index contributed by atoms with van der Waals surface area (Å²) in [6.07, 6.45) is -3.20. The van der Waals surface area contributed by atoms with Gasteiger partial charge in [0, 0.05) is 10.7 Å². The Hall–Kier alpha value is -1.61. The highest BCUT2D eigenvalue weighted by molar-refractivity contribution is 9.10. The van der Waals surface area contributed by atoms with Crippen LogP contribution in [0.2, 0.25) is 0 Å². The second-order valence-corrected chi connectivity index (χ2v) is 6.45. The number of benzene rings is 1. The zero-order valence-corrected chi connectivity index (χ0v) is 12.6. The van der Waals surface area contributed by atoms with Gasteiger partial charge in [-0.2, -0.15) is 21.6 Å². The third-order valence-electron chi connectivity index (χ3n) is 2.45. The molecule has 0 atom stereocenters. The Balaban J connectivity index is 2.33. The zero-order chi connectivity index (χ0) is 15.7. The Bertz CT molecular complexity index is 749. The average Bonchev–Trinajstić information content (AvgIpc) is 2.41. The Morgan fingerprint density at radius 1 is 1.14 bits per heavy atom. The second-order valence-electron chi connectivity index (χ2n) is 3.97. The standard InChI is InChI=1S/C12H8BrF3N2O2S/c13-9-7-8(12(14,15)16)4-5-10(9)18-21(19,20)11-3-1-2-6-17-11/h1-7,18H. The maximum absolute atomic E-state index is 12.5. The highest BCUT2D eigenvalue weighted by atomic mass is 79.9. The molecule has 0 saturated carbocycles. The van der Waals surface area contributed by atoms with E-state index in [2.05, 4.69) is 25.6 Å². The molecule has 0 radical (unpaired) electrons. The first-order valence-electron chi connectivity index (χ1n) is 5.51. The van der Waals surface area contributed by atoms with Gasteiger partial charge in [-0.15, -0.1) is 0 Å². The van der Waals surface area contributed by atoms with Crippen LogP contribution in [0, 0.1) is 0 Å². The number of halogens is 4. The van der Waals surface area contributed by atoms with Crippen molar-refractivity contribution in [2.75, 3.05) is 4.72 Å². The van der Waals surface area contributed by atoms with Crippen molar-refractivity contribution in [2.24, 2.45) is 0 Å². The van der Waals surface area contributed by atoms with Gasteiger partial charge in [-0.1, -0.05) is 6.07 Å². The first-order chi connectivity index (χ1) is 9.70. The van der Waals surface area contributed by atoms with E-state index in [4.69, 9.17) is 0 Å². The molecule has 21 heavy (non-hydrogen) atoms. The first kappa shape index (κ1) is 15.8. The highest BCUT2D eigenvalue weighted by Gasteiger charge is 2.31. The van der Waals surface area contributed by atoms with Crippen molar-refractivity contribution in [3.05, 3.63) is 52.6 Å². The monoisotopic (exact) mass is 380 g/mol. The van der Waals surface area contributed by atoms with Crippen LogP contribution < -0.4 is 4.72 Å². The van der Waals surface area contributed by atoms with Crippen LogP contribution in [0.3, 0.4) is 0 Å². The number of nitrogens with one attached hydrogen (secondary N) is 1. The lowest BCUT2D eigenvalue weighted by Gasteiger charge is -2.12. The van der Waals surface area contributed by atoms with E-state index in [0.717, 1.165) is 18.2 Å². The van der Waals surface area contributed by atoms with E-state index < -0.39 is 21.8 Å². The van der Waals surface area contributed by atoms with Gasteiger partial charge in [0.25, 0.3) is 10.0 Å².